The van der Waals surface area contributed by atoms with E-state index in [2.05, 4.69) is 11.1 Å². The molecule has 3 rings (SSSR count). The highest BCUT2D eigenvalue weighted by Crippen LogP contribution is 2.21. The smallest absolute Gasteiger partial charge is 0.219 e. The van der Waals surface area contributed by atoms with Crippen molar-refractivity contribution in [2.75, 3.05) is 19.6 Å². The molecule has 2 aromatic rings. The average molecular weight is 285 g/mol. The van der Waals surface area contributed by atoms with Crippen LogP contribution in [-0.4, -0.2) is 30.4 Å². The maximum Gasteiger partial charge on any atom is 0.219 e. The number of hydrogen-bond acceptors (Lipinski definition) is 1. The van der Waals surface area contributed by atoms with E-state index in [0.717, 1.165) is 35.2 Å². The number of carbonyl (C=O) groups excluding carboxylic acids is 1. The van der Waals surface area contributed by atoms with Gasteiger partial charge in [-0.05, 0) is 38.7 Å². The van der Waals surface area contributed by atoms with E-state index in [1.54, 1.807) is 0 Å². The minimum absolute atomic E-state index is 0.292. The SMILES string of the molecule is Cc1[nH]c2ccccc2c1C(=O)C[NH+]1CCCCCCC1. The van der Waals surface area contributed by atoms with Gasteiger partial charge in [0.05, 0.1) is 18.7 Å². The first-order valence-electron chi connectivity index (χ1n) is 8.20. The maximum absolute atomic E-state index is 12.8. The van der Waals surface area contributed by atoms with E-state index in [-0.39, 0.29) is 0 Å². The van der Waals surface area contributed by atoms with E-state index < -0.39 is 0 Å². The highest BCUT2D eigenvalue weighted by atomic mass is 16.1. The molecule has 1 aliphatic rings. The van der Waals surface area contributed by atoms with E-state index in [9.17, 15) is 4.79 Å². The average Bonchev–Trinajstić information content (AvgIpc) is 2.77. The topological polar surface area (TPSA) is 37.3 Å². The number of aromatic amines is 1. The number of H-pyrrole nitrogens is 1. The molecule has 0 bridgehead atoms. The van der Waals surface area contributed by atoms with Gasteiger partial charge in [-0.15, -0.1) is 0 Å². The van der Waals surface area contributed by atoms with Crippen LogP contribution < -0.4 is 4.90 Å². The molecule has 0 amide bonds. The summed E-state index contributed by atoms with van der Waals surface area (Å²) in [6.45, 7) is 4.94. The Morgan fingerprint density at radius 2 is 1.76 bits per heavy atom. The first-order valence-corrected chi connectivity index (χ1v) is 8.20. The van der Waals surface area contributed by atoms with E-state index in [1.807, 2.05) is 25.1 Å². The lowest BCUT2D eigenvalue weighted by Gasteiger charge is -2.21. The second kappa shape index (κ2) is 6.44. The Labute approximate surface area is 126 Å². The zero-order chi connectivity index (χ0) is 14.7. The Morgan fingerprint density at radius 1 is 1.10 bits per heavy atom. The summed E-state index contributed by atoms with van der Waals surface area (Å²) in [7, 11) is 0. The minimum atomic E-state index is 0.292. The molecule has 2 heterocycles. The van der Waals surface area contributed by atoms with Gasteiger partial charge in [-0.2, -0.15) is 0 Å². The van der Waals surface area contributed by atoms with E-state index >= 15 is 0 Å². The van der Waals surface area contributed by atoms with Crippen LogP contribution in [0.4, 0.5) is 0 Å². The van der Waals surface area contributed by atoms with Gasteiger partial charge >= 0.3 is 0 Å². The van der Waals surface area contributed by atoms with Crippen LogP contribution in [0.2, 0.25) is 0 Å². The number of rotatable bonds is 3. The Hall–Kier alpha value is -1.61. The zero-order valence-corrected chi connectivity index (χ0v) is 12.9. The molecule has 0 radical (unpaired) electrons. The number of nitrogens with one attached hydrogen (secondary N) is 2. The quantitative estimate of drug-likeness (QED) is 0.835. The van der Waals surface area contributed by atoms with Crippen LogP contribution in [-0.2, 0) is 0 Å². The van der Waals surface area contributed by atoms with Crippen LogP contribution >= 0.6 is 0 Å². The standard InChI is InChI=1S/C18H24N2O/c1-14-18(15-9-5-6-10-16(15)19-14)17(21)13-20-11-7-3-2-4-8-12-20/h5-6,9-10,19H,2-4,7-8,11-13H2,1H3/p+1. The summed E-state index contributed by atoms with van der Waals surface area (Å²) in [6.07, 6.45) is 6.53. The maximum atomic E-state index is 12.8. The molecule has 1 aromatic heterocycles. The summed E-state index contributed by atoms with van der Waals surface area (Å²) in [5.74, 6) is 0.292. The first kappa shape index (κ1) is 14.3. The molecule has 1 aliphatic heterocycles. The molecule has 0 aliphatic carbocycles. The molecule has 0 spiro atoms. The van der Waals surface area contributed by atoms with Crippen molar-refractivity contribution in [2.45, 2.75) is 39.0 Å². The lowest BCUT2D eigenvalue weighted by atomic mass is 10.0. The van der Waals surface area contributed by atoms with Crippen molar-refractivity contribution < 1.29 is 9.69 Å². The Morgan fingerprint density at radius 3 is 2.52 bits per heavy atom. The number of para-hydroxylation sites is 1. The number of carbonyl (C=O) groups is 1. The molecule has 1 fully saturated rings. The molecule has 3 nitrogen and oxygen atoms in total. The van der Waals surface area contributed by atoms with Crippen LogP contribution in [0.5, 0.6) is 0 Å². The number of hydrogen-bond donors (Lipinski definition) is 2. The third kappa shape index (κ3) is 3.18. The third-order valence-corrected chi connectivity index (χ3v) is 4.64. The Balaban J connectivity index is 1.78. The first-order chi connectivity index (χ1) is 10.3. The summed E-state index contributed by atoms with van der Waals surface area (Å²) < 4.78 is 0. The second-order valence-electron chi connectivity index (χ2n) is 6.29. The molecule has 0 unspecified atom stereocenters. The molecule has 112 valence electrons. The number of Topliss-reactive ketones (excluding diaryl/α,β-unsaturated/α-hetero) is 1. The van der Waals surface area contributed by atoms with Crippen molar-refractivity contribution in [3.05, 3.63) is 35.5 Å². The molecule has 1 aromatic carbocycles. The van der Waals surface area contributed by atoms with Gasteiger partial charge in [-0.1, -0.05) is 24.6 Å². The number of ketones is 1. The Bertz CT molecular complexity index is 621. The lowest BCUT2D eigenvalue weighted by molar-refractivity contribution is -0.892. The largest absolute Gasteiger partial charge is 0.358 e. The highest BCUT2D eigenvalue weighted by molar-refractivity contribution is 6.09. The molecular formula is C18H25N2O+. The second-order valence-corrected chi connectivity index (χ2v) is 6.29. The van der Waals surface area contributed by atoms with Crippen LogP contribution in [0, 0.1) is 6.92 Å². The van der Waals surface area contributed by atoms with E-state index in [0.29, 0.717) is 12.3 Å². The van der Waals surface area contributed by atoms with Gasteiger partial charge in [0.25, 0.3) is 0 Å². The summed E-state index contributed by atoms with van der Waals surface area (Å²) >= 11 is 0. The van der Waals surface area contributed by atoms with Crippen molar-refractivity contribution in [1.29, 1.82) is 0 Å². The normalized spacial score (nSPS) is 17.6. The van der Waals surface area contributed by atoms with Crippen LogP contribution in [0.15, 0.2) is 24.3 Å². The number of quaternary nitrogens is 1. The number of aromatic nitrogens is 1. The minimum Gasteiger partial charge on any atom is -0.358 e. The van der Waals surface area contributed by atoms with E-state index in [4.69, 9.17) is 0 Å². The number of aryl methyl sites for hydroxylation is 1. The van der Waals surface area contributed by atoms with Crippen LogP contribution in [0.3, 0.4) is 0 Å². The summed E-state index contributed by atoms with van der Waals surface area (Å²) in [5, 5.41) is 1.08. The summed E-state index contributed by atoms with van der Waals surface area (Å²) in [4.78, 5) is 17.6. The van der Waals surface area contributed by atoms with Gasteiger partial charge in [0.1, 0.15) is 6.54 Å². The number of fused-ring (bicyclic) bond motifs is 1. The van der Waals surface area contributed by atoms with Crippen molar-refractivity contribution in [3.63, 3.8) is 0 Å². The van der Waals surface area contributed by atoms with Crippen molar-refractivity contribution in [3.8, 4) is 0 Å². The van der Waals surface area contributed by atoms with Gasteiger partial charge in [0.15, 0.2) is 0 Å². The predicted molar refractivity (Wildman–Crippen MR) is 86.0 cm³/mol. The Kier molecular flexibility index (Phi) is 4.39. The highest BCUT2D eigenvalue weighted by Gasteiger charge is 2.21. The molecule has 0 saturated carbocycles. The molecule has 21 heavy (non-hydrogen) atoms. The van der Waals surface area contributed by atoms with Crippen molar-refractivity contribution in [1.82, 2.24) is 4.98 Å². The predicted octanol–water partition coefficient (Wildman–Crippen LogP) is 2.51. The zero-order valence-electron chi connectivity index (χ0n) is 12.9. The molecule has 3 heteroatoms. The monoisotopic (exact) mass is 285 g/mol. The van der Waals surface area contributed by atoms with Gasteiger partial charge in [-0.25, -0.2) is 0 Å². The number of benzene rings is 1. The van der Waals surface area contributed by atoms with Gasteiger partial charge in [-0.3, -0.25) is 4.79 Å². The van der Waals surface area contributed by atoms with Crippen molar-refractivity contribution in [2.24, 2.45) is 0 Å². The molecule has 2 N–H and O–H groups in total. The fourth-order valence-electron chi connectivity index (χ4n) is 3.53. The molecule has 1 saturated heterocycles. The van der Waals surface area contributed by atoms with Crippen molar-refractivity contribution >= 4 is 16.7 Å². The summed E-state index contributed by atoms with van der Waals surface area (Å²) in [5.41, 5.74) is 2.98. The van der Waals surface area contributed by atoms with Crippen LogP contribution in [0.25, 0.3) is 10.9 Å². The lowest BCUT2D eigenvalue weighted by Crippen LogP contribution is -3.13. The summed E-state index contributed by atoms with van der Waals surface area (Å²) in [6, 6.07) is 8.11. The van der Waals surface area contributed by atoms with Crippen LogP contribution in [0.1, 0.15) is 48.2 Å². The number of likely N-dealkylation sites (tertiary alicyclic amines) is 1. The third-order valence-electron chi connectivity index (χ3n) is 4.64. The van der Waals surface area contributed by atoms with Gasteiger partial charge in [0.2, 0.25) is 5.78 Å². The molecular weight excluding hydrogens is 260 g/mol. The fraction of sp³-hybridized carbons (Fsp3) is 0.500. The van der Waals surface area contributed by atoms with E-state index in [1.165, 1.54) is 37.0 Å². The van der Waals surface area contributed by atoms with Gasteiger partial charge in [0, 0.05) is 16.6 Å². The molecule has 0 atom stereocenters. The van der Waals surface area contributed by atoms with Gasteiger partial charge < -0.3 is 9.88 Å². The fourth-order valence-corrected chi connectivity index (χ4v) is 3.53.